The highest BCUT2D eigenvalue weighted by molar-refractivity contribution is 5.83. The van der Waals surface area contributed by atoms with Crippen molar-refractivity contribution in [3.8, 4) is 5.75 Å². The Morgan fingerprint density at radius 1 is 0.944 bits per heavy atom. The molecule has 1 N–H and O–H groups in total. The van der Waals surface area contributed by atoms with E-state index in [-0.39, 0.29) is 0 Å². The molecule has 0 bridgehead atoms. The van der Waals surface area contributed by atoms with Crippen LogP contribution in [0.15, 0.2) is 42.5 Å². The van der Waals surface area contributed by atoms with Crippen LogP contribution in [0.3, 0.4) is 0 Å². The molecule has 2 aromatic carbocycles. The quantitative estimate of drug-likeness (QED) is 0.822. The van der Waals surface area contributed by atoms with Crippen LogP contribution in [0.25, 0.3) is 10.8 Å². The van der Waals surface area contributed by atoms with Crippen LogP contribution in [0.5, 0.6) is 5.75 Å². The molecule has 0 amide bonds. The number of likely N-dealkylation sites (N-methyl/N-ethyl adjacent to an activating group) is 1. The van der Waals surface area contributed by atoms with E-state index >= 15 is 0 Å². The number of nitrogens with one attached hydrogen (secondary N) is 1. The van der Waals surface area contributed by atoms with Gasteiger partial charge in [0.1, 0.15) is 18.9 Å². The van der Waals surface area contributed by atoms with Crippen molar-refractivity contribution in [3.05, 3.63) is 42.5 Å². The lowest BCUT2D eigenvalue weighted by Crippen LogP contribution is -3.12. The van der Waals surface area contributed by atoms with Crippen molar-refractivity contribution in [2.75, 3.05) is 26.2 Å². The minimum atomic E-state index is 0.787. The zero-order valence-corrected chi connectivity index (χ0v) is 11.3. The van der Waals surface area contributed by atoms with Crippen LogP contribution >= 0.6 is 0 Å². The average Bonchev–Trinajstić information content (AvgIpc) is 2.43. The Labute approximate surface area is 109 Å². The largest absolute Gasteiger partial charge is 0.488 e. The summed E-state index contributed by atoms with van der Waals surface area (Å²) in [5.74, 6) is 0.972. The topological polar surface area (TPSA) is 13.7 Å². The molecule has 2 aromatic rings. The van der Waals surface area contributed by atoms with Crippen molar-refractivity contribution in [2.45, 2.75) is 13.8 Å². The first-order valence-corrected chi connectivity index (χ1v) is 6.78. The molecule has 0 heterocycles. The van der Waals surface area contributed by atoms with Crippen molar-refractivity contribution in [2.24, 2.45) is 0 Å². The summed E-state index contributed by atoms with van der Waals surface area (Å²) in [6.45, 7) is 8.62. The van der Waals surface area contributed by atoms with E-state index < -0.39 is 0 Å². The van der Waals surface area contributed by atoms with Crippen molar-refractivity contribution >= 4 is 10.8 Å². The lowest BCUT2D eigenvalue weighted by molar-refractivity contribution is -0.896. The molecular formula is C16H22NO+. The molecule has 0 aromatic heterocycles. The summed E-state index contributed by atoms with van der Waals surface area (Å²) in [5.41, 5.74) is 0. The number of hydrogen-bond donors (Lipinski definition) is 1. The summed E-state index contributed by atoms with van der Waals surface area (Å²) in [4.78, 5) is 1.58. The number of hydrogen-bond acceptors (Lipinski definition) is 1. The Bertz CT molecular complexity index is 491. The average molecular weight is 244 g/mol. The monoisotopic (exact) mass is 244 g/mol. The van der Waals surface area contributed by atoms with Crippen molar-refractivity contribution in [1.82, 2.24) is 0 Å². The molecule has 0 saturated carbocycles. The van der Waals surface area contributed by atoms with E-state index in [1.807, 2.05) is 0 Å². The molecule has 0 fully saturated rings. The van der Waals surface area contributed by atoms with E-state index in [2.05, 4.69) is 56.3 Å². The van der Waals surface area contributed by atoms with Gasteiger partial charge in [-0.2, -0.15) is 0 Å². The van der Waals surface area contributed by atoms with E-state index in [1.54, 1.807) is 4.90 Å². The highest BCUT2D eigenvalue weighted by atomic mass is 16.5. The van der Waals surface area contributed by atoms with E-state index in [0.29, 0.717) is 0 Å². The molecule has 0 saturated heterocycles. The summed E-state index contributed by atoms with van der Waals surface area (Å²) >= 11 is 0. The second kappa shape index (κ2) is 6.41. The smallest absolute Gasteiger partial charge is 0.137 e. The standard InChI is InChI=1S/C16H21NO/c1-3-17(4-2)11-12-18-16-10-9-14-7-5-6-8-15(14)13-16/h5-10,13H,3-4,11-12H2,1-2H3/p+1. The third kappa shape index (κ3) is 3.23. The second-order valence-electron chi connectivity index (χ2n) is 4.56. The molecule has 0 aliphatic carbocycles. The maximum atomic E-state index is 5.83. The highest BCUT2D eigenvalue weighted by Gasteiger charge is 2.02. The van der Waals surface area contributed by atoms with Crippen LogP contribution in [0.2, 0.25) is 0 Å². The Morgan fingerprint density at radius 3 is 2.39 bits per heavy atom. The van der Waals surface area contributed by atoms with Gasteiger partial charge in [-0.15, -0.1) is 0 Å². The minimum absolute atomic E-state index is 0.787. The molecule has 18 heavy (non-hydrogen) atoms. The number of rotatable bonds is 6. The predicted octanol–water partition coefficient (Wildman–Crippen LogP) is 2.14. The van der Waals surface area contributed by atoms with Gasteiger partial charge in [0, 0.05) is 0 Å². The van der Waals surface area contributed by atoms with Gasteiger partial charge in [0.25, 0.3) is 0 Å². The molecule has 2 rings (SSSR count). The van der Waals surface area contributed by atoms with E-state index in [1.165, 1.54) is 10.8 Å². The first-order valence-electron chi connectivity index (χ1n) is 6.78. The number of quaternary nitrogens is 1. The number of benzene rings is 2. The van der Waals surface area contributed by atoms with Gasteiger partial charge in [-0.25, -0.2) is 0 Å². The number of fused-ring (bicyclic) bond motifs is 1. The molecule has 2 heteroatoms. The van der Waals surface area contributed by atoms with Crippen LogP contribution in [0.1, 0.15) is 13.8 Å². The first kappa shape index (κ1) is 12.9. The van der Waals surface area contributed by atoms with Crippen molar-refractivity contribution < 1.29 is 9.64 Å². The van der Waals surface area contributed by atoms with E-state index in [0.717, 1.165) is 32.0 Å². The van der Waals surface area contributed by atoms with Crippen LogP contribution in [-0.2, 0) is 0 Å². The fourth-order valence-corrected chi connectivity index (χ4v) is 2.17. The summed E-state index contributed by atoms with van der Waals surface area (Å²) in [6, 6.07) is 14.7. The fourth-order valence-electron chi connectivity index (χ4n) is 2.17. The van der Waals surface area contributed by atoms with Gasteiger partial charge in [-0.3, -0.25) is 0 Å². The zero-order chi connectivity index (χ0) is 12.8. The molecule has 0 aliphatic heterocycles. The zero-order valence-electron chi connectivity index (χ0n) is 11.3. The van der Waals surface area contributed by atoms with Gasteiger partial charge in [-0.05, 0) is 36.8 Å². The van der Waals surface area contributed by atoms with E-state index in [4.69, 9.17) is 4.74 Å². The lowest BCUT2D eigenvalue weighted by Gasteiger charge is -2.15. The second-order valence-corrected chi connectivity index (χ2v) is 4.56. The summed E-state index contributed by atoms with van der Waals surface area (Å²) in [6.07, 6.45) is 0. The Kier molecular flexibility index (Phi) is 4.59. The van der Waals surface area contributed by atoms with Crippen LogP contribution in [0, 0.1) is 0 Å². The summed E-state index contributed by atoms with van der Waals surface area (Å²) in [5, 5.41) is 2.50. The summed E-state index contributed by atoms with van der Waals surface area (Å²) in [7, 11) is 0. The molecule has 0 spiro atoms. The van der Waals surface area contributed by atoms with Crippen molar-refractivity contribution in [3.63, 3.8) is 0 Å². The van der Waals surface area contributed by atoms with Crippen LogP contribution < -0.4 is 9.64 Å². The van der Waals surface area contributed by atoms with Gasteiger partial charge in [0.05, 0.1) is 13.1 Å². The van der Waals surface area contributed by atoms with Gasteiger partial charge < -0.3 is 9.64 Å². The molecule has 0 aliphatic rings. The van der Waals surface area contributed by atoms with Gasteiger partial charge in [0.15, 0.2) is 0 Å². The Balaban J connectivity index is 1.95. The van der Waals surface area contributed by atoms with Gasteiger partial charge in [-0.1, -0.05) is 30.3 Å². The summed E-state index contributed by atoms with van der Waals surface area (Å²) < 4.78 is 5.83. The normalized spacial score (nSPS) is 11.1. The molecule has 96 valence electrons. The van der Waals surface area contributed by atoms with Gasteiger partial charge in [0.2, 0.25) is 0 Å². The third-order valence-corrected chi connectivity index (χ3v) is 3.45. The molecular weight excluding hydrogens is 222 g/mol. The Morgan fingerprint density at radius 2 is 1.67 bits per heavy atom. The third-order valence-electron chi connectivity index (χ3n) is 3.45. The van der Waals surface area contributed by atoms with Gasteiger partial charge >= 0.3 is 0 Å². The highest BCUT2D eigenvalue weighted by Crippen LogP contribution is 2.20. The van der Waals surface area contributed by atoms with Crippen LogP contribution in [0.4, 0.5) is 0 Å². The van der Waals surface area contributed by atoms with Crippen molar-refractivity contribution in [1.29, 1.82) is 0 Å². The molecule has 2 nitrogen and oxygen atoms in total. The number of ether oxygens (including phenoxy) is 1. The predicted molar refractivity (Wildman–Crippen MR) is 76.4 cm³/mol. The molecule has 0 unspecified atom stereocenters. The maximum Gasteiger partial charge on any atom is 0.137 e. The molecule has 0 atom stereocenters. The van der Waals surface area contributed by atoms with Crippen LogP contribution in [-0.4, -0.2) is 26.2 Å². The Hall–Kier alpha value is -1.54. The minimum Gasteiger partial charge on any atom is -0.488 e. The first-order chi connectivity index (χ1) is 8.83. The fraction of sp³-hybridized carbons (Fsp3) is 0.375. The van der Waals surface area contributed by atoms with E-state index in [9.17, 15) is 0 Å². The maximum absolute atomic E-state index is 5.83. The SMILES string of the molecule is CC[NH+](CC)CCOc1ccc2ccccc2c1. The lowest BCUT2D eigenvalue weighted by atomic mass is 10.1. The molecule has 0 radical (unpaired) electrons.